The first-order valence-electron chi connectivity index (χ1n) is 4.88. The van der Waals surface area contributed by atoms with Crippen LogP contribution in [0.25, 0.3) is 0 Å². The number of halogens is 3. The molecule has 0 saturated carbocycles. The lowest BCUT2D eigenvalue weighted by atomic mass is 10.2. The summed E-state index contributed by atoms with van der Waals surface area (Å²) in [4.78, 5) is 0. The Bertz CT molecular complexity index is 417. The molecule has 94 valence electrons. The molecule has 1 rings (SSSR count). The number of oxime groups is 1. The van der Waals surface area contributed by atoms with Crippen molar-refractivity contribution in [3.8, 4) is 0 Å². The minimum Gasteiger partial charge on any atom is -0.409 e. The Labute approximate surface area is 106 Å². The maximum atomic E-state index is 13.5. The van der Waals surface area contributed by atoms with Gasteiger partial charge in [-0.25, -0.2) is 8.78 Å². The lowest BCUT2D eigenvalue weighted by molar-refractivity contribution is 0.316. The van der Waals surface area contributed by atoms with Crippen LogP contribution in [-0.4, -0.2) is 17.1 Å². The van der Waals surface area contributed by atoms with Gasteiger partial charge in [0.15, 0.2) is 5.84 Å². The third-order valence-corrected chi connectivity index (χ3v) is 2.83. The predicted molar refractivity (Wildman–Crippen MR) is 65.2 cm³/mol. The number of hydrogen-bond donors (Lipinski definition) is 3. The highest BCUT2D eigenvalue weighted by Crippen LogP contribution is 2.27. The first-order valence-corrected chi connectivity index (χ1v) is 5.67. The highest BCUT2D eigenvalue weighted by atomic mass is 79.9. The molecule has 4 nitrogen and oxygen atoms in total. The van der Waals surface area contributed by atoms with Crippen LogP contribution in [0, 0.1) is 11.6 Å². The van der Waals surface area contributed by atoms with E-state index in [0.717, 1.165) is 12.1 Å². The molecule has 17 heavy (non-hydrogen) atoms. The molecule has 1 unspecified atom stereocenters. The van der Waals surface area contributed by atoms with Crippen LogP contribution in [0.4, 0.5) is 14.5 Å². The van der Waals surface area contributed by atoms with E-state index >= 15 is 0 Å². The summed E-state index contributed by atoms with van der Waals surface area (Å²) in [5, 5.41) is 14.1. The van der Waals surface area contributed by atoms with E-state index in [2.05, 4.69) is 26.4 Å². The number of amidine groups is 1. The Morgan fingerprint density at radius 2 is 2.24 bits per heavy atom. The molecule has 1 atom stereocenters. The van der Waals surface area contributed by atoms with Crippen molar-refractivity contribution in [1.29, 1.82) is 0 Å². The summed E-state index contributed by atoms with van der Waals surface area (Å²) in [5.41, 5.74) is 5.51. The highest BCUT2D eigenvalue weighted by Gasteiger charge is 2.16. The van der Waals surface area contributed by atoms with Crippen LogP contribution in [0.1, 0.15) is 13.3 Å². The summed E-state index contributed by atoms with van der Waals surface area (Å²) < 4.78 is 26.6. The average Bonchev–Trinajstić information content (AvgIpc) is 2.27. The second-order valence-corrected chi connectivity index (χ2v) is 4.23. The Morgan fingerprint density at radius 3 is 2.71 bits per heavy atom. The summed E-state index contributed by atoms with van der Waals surface area (Å²) in [6, 6.07) is 1.35. The highest BCUT2D eigenvalue weighted by molar-refractivity contribution is 9.10. The Hall–Kier alpha value is -1.37. The predicted octanol–water partition coefficient (Wildman–Crippen LogP) is 2.66. The van der Waals surface area contributed by atoms with Crippen LogP contribution >= 0.6 is 15.9 Å². The van der Waals surface area contributed by atoms with E-state index in [1.165, 1.54) is 0 Å². The van der Waals surface area contributed by atoms with Gasteiger partial charge in [0.1, 0.15) is 11.6 Å². The van der Waals surface area contributed by atoms with Crippen molar-refractivity contribution >= 4 is 27.5 Å². The SMILES string of the molecule is CCC(Nc1c(F)cc(F)cc1Br)C(N)=NO. The van der Waals surface area contributed by atoms with Crippen LogP contribution < -0.4 is 11.1 Å². The zero-order valence-corrected chi connectivity index (χ0v) is 10.6. The molecule has 0 amide bonds. The van der Waals surface area contributed by atoms with Crippen LogP contribution in [0.5, 0.6) is 0 Å². The first-order chi connectivity index (χ1) is 7.99. The summed E-state index contributed by atoms with van der Waals surface area (Å²) in [7, 11) is 0. The largest absolute Gasteiger partial charge is 0.409 e. The third-order valence-electron chi connectivity index (χ3n) is 2.21. The van der Waals surface area contributed by atoms with E-state index in [4.69, 9.17) is 10.9 Å². The van der Waals surface area contributed by atoms with Gasteiger partial charge in [-0.15, -0.1) is 0 Å². The molecule has 0 fully saturated rings. The van der Waals surface area contributed by atoms with Crippen LogP contribution in [0.3, 0.4) is 0 Å². The van der Waals surface area contributed by atoms with E-state index < -0.39 is 17.7 Å². The molecule has 0 saturated heterocycles. The molecule has 1 aromatic rings. The van der Waals surface area contributed by atoms with E-state index in [1.807, 2.05) is 0 Å². The molecular weight excluding hydrogens is 296 g/mol. The molecule has 4 N–H and O–H groups in total. The number of hydrogen-bond acceptors (Lipinski definition) is 3. The van der Waals surface area contributed by atoms with Gasteiger partial charge < -0.3 is 16.3 Å². The molecule has 1 aromatic carbocycles. The summed E-state index contributed by atoms with van der Waals surface area (Å²) >= 11 is 3.04. The topological polar surface area (TPSA) is 70.6 Å². The van der Waals surface area contributed by atoms with Gasteiger partial charge in [0.2, 0.25) is 0 Å². The van der Waals surface area contributed by atoms with Crippen molar-refractivity contribution in [2.75, 3.05) is 5.32 Å². The van der Waals surface area contributed by atoms with Crippen molar-refractivity contribution in [1.82, 2.24) is 0 Å². The smallest absolute Gasteiger partial charge is 0.161 e. The van der Waals surface area contributed by atoms with Crippen molar-refractivity contribution in [2.45, 2.75) is 19.4 Å². The van der Waals surface area contributed by atoms with Gasteiger partial charge in [0.25, 0.3) is 0 Å². The van der Waals surface area contributed by atoms with Crippen LogP contribution in [0.2, 0.25) is 0 Å². The molecule has 0 heterocycles. The average molecular weight is 308 g/mol. The molecule has 0 bridgehead atoms. The number of rotatable bonds is 4. The van der Waals surface area contributed by atoms with E-state index in [9.17, 15) is 8.78 Å². The molecule has 0 spiro atoms. The molecule has 0 aromatic heterocycles. The minimum absolute atomic E-state index is 0.0666. The Kier molecular flexibility index (Phi) is 4.68. The molecule has 0 radical (unpaired) electrons. The van der Waals surface area contributed by atoms with Crippen molar-refractivity contribution in [3.05, 3.63) is 28.2 Å². The van der Waals surface area contributed by atoms with Gasteiger partial charge in [-0.3, -0.25) is 0 Å². The number of anilines is 1. The fraction of sp³-hybridized carbons (Fsp3) is 0.300. The summed E-state index contributed by atoms with van der Waals surface area (Å²) in [5.74, 6) is -1.50. The monoisotopic (exact) mass is 307 g/mol. The fourth-order valence-electron chi connectivity index (χ4n) is 1.31. The van der Waals surface area contributed by atoms with Crippen LogP contribution in [0.15, 0.2) is 21.8 Å². The molecule has 7 heteroatoms. The van der Waals surface area contributed by atoms with Gasteiger partial charge >= 0.3 is 0 Å². The summed E-state index contributed by atoms with van der Waals surface area (Å²) in [6.07, 6.45) is 0.485. The maximum absolute atomic E-state index is 13.5. The number of nitrogens with one attached hydrogen (secondary N) is 1. The third kappa shape index (κ3) is 3.29. The molecule has 0 aliphatic rings. The molecule has 0 aliphatic heterocycles. The first kappa shape index (κ1) is 13.7. The van der Waals surface area contributed by atoms with E-state index in [1.54, 1.807) is 6.92 Å². The zero-order valence-electron chi connectivity index (χ0n) is 9.04. The van der Waals surface area contributed by atoms with Crippen molar-refractivity contribution in [3.63, 3.8) is 0 Å². The van der Waals surface area contributed by atoms with Crippen LogP contribution in [-0.2, 0) is 0 Å². The Morgan fingerprint density at radius 1 is 1.59 bits per heavy atom. The zero-order chi connectivity index (χ0) is 13.0. The van der Waals surface area contributed by atoms with E-state index in [0.29, 0.717) is 6.42 Å². The lowest BCUT2D eigenvalue weighted by Crippen LogP contribution is -2.35. The minimum atomic E-state index is -0.749. The van der Waals surface area contributed by atoms with Gasteiger partial charge in [-0.05, 0) is 28.4 Å². The quantitative estimate of drug-likeness (QED) is 0.347. The van der Waals surface area contributed by atoms with Crippen molar-refractivity contribution < 1.29 is 14.0 Å². The fourth-order valence-corrected chi connectivity index (χ4v) is 1.83. The second kappa shape index (κ2) is 5.81. The van der Waals surface area contributed by atoms with Gasteiger partial charge in [-0.1, -0.05) is 12.1 Å². The molecular formula is C10H12BrF2N3O. The number of benzene rings is 1. The second-order valence-electron chi connectivity index (χ2n) is 3.37. The molecule has 0 aliphatic carbocycles. The van der Waals surface area contributed by atoms with Gasteiger partial charge in [0, 0.05) is 10.5 Å². The van der Waals surface area contributed by atoms with Crippen molar-refractivity contribution in [2.24, 2.45) is 10.9 Å². The maximum Gasteiger partial charge on any atom is 0.161 e. The van der Waals surface area contributed by atoms with Gasteiger partial charge in [0.05, 0.1) is 11.7 Å². The van der Waals surface area contributed by atoms with E-state index in [-0.39, 0.29) is 16.0 Å². The number of nitrogens with zero attached hydrogens (tertiary/aromatic N) is 1. The lowest BCUT2D eigenvalue weighted by Gasteiger charge is -2.18. The standard InChI is InChI=1S/C10H12BrF2N3O/c1-2-8(10(14)16-17)15-9-6(11)3-5(12)4-7(9)13/h3-4,8,15,17H,2H2,1H3,(H2,14,16). The summed E-state index contributed by atoms with van der Waals surface area (Å²) in [6.45, 7) is 1.78. The van der Waals surface area contributed by atoms with Gasteiger partial charge in [-0.2, -0.15) is 0 Å². The normalized spacial score (nSPS) is 13.5. The Balaban J connectivity index is 3.02. The number of nitrogens with two attached hydrogens (primary N) is 1.